The summed E-state index contributed by atoms with van der Waals surface area (Å²) >= 11 is 0. The molecule has 0 unspecified atom stereocenters. The predicted molar refractivity (Wildman–Crippen MR) is 99.3 cm³/mol. The Morgan fingerprint density at radius 2 is 1.76 bits per heavy atom. The number of nitrogens with zero attached hydrogens (tertiary/aromatic N) is 3. The number of hydrogen-bond donors (Lipinski definition) is 1. The third kappa shape index (κ3) is 3.17. The minimum absolute atomic E-state index is 0.724. The lowest BCUT2D eigenvalue weighted by Gasteiger charge is -2.11. The molecule has 0 saturated carbocycles. The highest BCUT2D eigenvalue weighted by Crippen LogP contribution is 2.24. The Morgan fingerprint density at radius 3 is 2.52 bits per heavy atom. The third-order valence-corrected chi connectivity index (χ3v) is 4.05. The van der Waals surface area contributed by atoms with Crippen molar-refractivity contribution in [3.63, 3.8) is 0 Å². The smallest absolute Gasteiger partial charge is 0.210 e. The van der Waals surface area contributed by atoms with Crippen molar-refractivity contribution in [2.45, 2.75) is 6.54 Å². The molecule has 0 saturated heterocycles. The number of rotatable bonds is 5. The molecule has 4 aromatic rings. The maximum atomic E-state index is 5.21. The summed E-state index contributed by atoms with van der Waals surface area (Å²) < 4.78 is 7.35. The topological polar surface area (TPSA) is 52.0 Å². The van der Waals surface area contributed by atoms with Crippen molar-refractivity contribution in [3.05, 3.63) is 78.5 Å². The fraction of sp³-hybridized carbons (Fsp3) is 0.100. The van der Waals surface area contributed by atoms with Gasteiger partial charge in [-0.2, -0.15) is 4.98 Å². The van der Waals surface area contributed by atoms with E-state index in [-0.39, 0.29) is 0 Å². The van der Waals surface area contributed by atoms with Crippen LogP contribution in [0.25, 0.3) is 11.2 Å². The van der Waals surface area contributed by atoms with Gasteiger partial charge >= 0.3 is 0 Å². The highest BCUT2D eigenvalue weighted by molar-refractivity contribution is 5.76. The number of imidazole rings is 1. The van der Waals surface area contributed by atoms with Crippen LogP contribution in [0.5, 0.6) is 5.75 Å². The molecule has 2 aromatic heterocycles. The number of pyridine rings is 1. The van der Waals surface area contributed by atoms with Crippen LogP contribution in [0.3, 0.4) is 0 Å². The summed E-state index contributed by atoms with van der Waals surface area (Å²) in [6.45, 7) is 0.724. The number of benzene rings is 2. The second-order valence-corrected chi connectivity index (χ2v) is 5.71. The fourth-order valence-corrected chi connectivity index (χ4v) is 2.79. The van der Waals surface area contributed by atoms with Crippen LogP contribution in [0, 0.1) is 0 Å². The molecule has 0 amide bonds. The molecule has 0 bridgehead atoms. The van der Waals surface area contributed by atoms with E-state index in [1.807, 2.05) is 54.6 Å². The SMILES string of the molecule is COc1ccc(Nc2nc3ncccc3n2Cc2ccccc2)cc1. The Bertz CT molecular complexity index is 978. The highest BCUT2D eigenvalue weighted by atomic mass is 16.5. The maximum absolute atomic E-state index is 5.21. The largest absolute Gasteiger partial charge is 0.497 e. The van der Waals surface area contributed by atoms with Gasteiger partial charge in [0.15, 0.2) is 5.65 Å². The molecule has 0 aliphatic carbocycles. The number of anilines is 2. The van der Waals surface area contributed by atoms with Crippen LogP contribution in [-0.2, 0) is 6.54 Å². The molecule has 25 heavy (non-hydrogen) atoms. The van der Waals surface area contributed by atoms with Gasteiger partial charge in [0.25, 0.3) is 0 Å². The minimum Gasteiger partial charge on any atom is -0.497 e. The van der Waals surface area contributed by atoms with Crippen molar-refractivity contribution in [2.24, 2.45) is 0 Å². The molecule has 4 rings (SSSR count). The van der Waals surface area contributed by atoms with Crippen LogP contribution in [0.2, 0.25) is 0 Å². The third-order valence-electron chi connectivity index (χ3n) is 4.05. The molecule has 5 heteroatoms. The molecular weight excluding hydrogens is 312 g/mol. The first-order chi connectivity index (χ1) is 12.3. The van der Waals surface area contributed by atoms with Crippen LogP contribution in [0.1, 0.15) is 5.56 Å². The van der Waals surface area contributed by atoms with E-state index in [0.717, 1.165) is 35.1 Å². The van der Waals surface area contributed by atoms with Crippen molar-refractivity contribution >= 4 is 22.8 Å². The molecule has 0 fully saturated rings. The lowest BCUT2D eigenvalue weighted by Crippen LogP contribution is -2.05. The van der Waals surface area contributed by atoms with E-state index in [9.17, 15) is 0 Å². The van der Waals surface area contributed by atoms with Crippen LogP contribution in [0.15, 0.2) is 72.9 Å². The fourth-order valence-electron chi connectivity index (χ4n) is 2.79. The number of nitrogens with one attached hydrogen (secondary N) is 1. The monoisotopic (exact) mass is 330 g/mol. The summed E-state index contributed by atoms with van der Waals surface area (Å²) in [5, 5.41) is 3.39. The molecule has 2 heterocycles. The van der Waals surface area contributed by atoms with E-state index in [0.29, 0.717) is 0 Å². The van der Waals surface area contributed by atoms with Gasteiger partial charge in [0.1, 0.15) is 5.75 Å². The molecule has 0 spiro atoms. The van der Waals surface area contributed by atoms with Crippen molar-refractivity contribution in [1.29, 1.82) is 0 Å². The van der Waals surface area contributed by atoms with Gasteiger partial charge < -0.3 is 14.6 Å². The van der Waals surface area contributed by atoms with Gasteiger partial charge in [-0.1, -0.05) is 30.3 Å². The van der Waals surface area contributed by atoms with Gasteiger partial charge in [-0.05, 0) is 42.0 Å². The first kappa shape index (κ1) is 15.2. The van der Waals surface area contributed by atoms with E-state index in [4.69, 9.17) is 4.74 Å². The Kier molecular flexibility index (Phi) is 4.04. The molecule has 1 N–H and O–H groups in total. The van der Waals surface area contributed by atoms with Crippen molar-refractivity contribution in [3.8, 4) is 5.75 Å². The average molecular weight is 330 g/mol. The van der Waals surface area contributed by atoms with Gasteiger partial charge in [-0.15, -0.1) is 0 Å². The molecule has 0 radical (unpaired) electrons. The zero-order chi connectivity index (χ0) is 17.1. The van der Waals surface area contributed by atoms with E-state index >= 15 is 0 Å². The summed E-state index contributed by atoms with van der Waals surface area (Å²) in [5.74, 6) is 1.59. The first-order valence-electron chi connectivity index (χ1n) is 8.10. The van der Waals surface area contributed by atoms with Crippen molar-refractivity contribution in [2.75, 3.05) is 12.4 Å². The van der Waals surface area contributed by atoms with Crippen molar-refractivity contribution < 1.29 is 4.74 Å². The number of methoxy groups -OCH3 is 1. The number of ether oxygens (including phenoxy) is 1. The maximum Gasteiger partial charge on any atom is 0.210 e. The standard InChI is InChI=1S/C20H18N4O/c1-25-17-11-9-16(10-12-17)22-20-23-19-18(8-5-13-21-19)24(20)14-15-6-3-2-4-7-15/h2-13H,14H2,1H3,(H,21,22,23). The summed E-state index contributed by atoms with van der Waals surface area (Å²) in [6.07, 6.45) is 1.76. The summed E-state index contributed by atoms with van der Waals surface area (Å²) in [6, 6.07) is 22.1. The van der Waals surface area contributed by atoms with E-state index in [1.165, 1.54) is 5.56 Å². The van der Waals surface area contributed by atoms with E-state index < -0.39 is 0 Å². The normalized spacial score (nSPS) is 10.8. The summed E-state index contributed by atoms with van der Waals surface area (Å²) in [5.41, 5.74) is 3.89. The predicted octanol–water partition coefficient (Wildman–Crippen LogP) is 4.23. The molecule has 2 aromatic carbocycles. The highest BCUT2D eigenvalue weighted by Gasteiger charge is 2.12. The van der Waals surface area contributed by atoms with Crippen molar-refractivity contribution in [1.82, 2.24) is 14.5 Å². The quantitative estimate of drug-likeness (QED) is 0.595. The zero-order valence-corrected chi connectivity index (χ0v) is 13.9. The van der Waals surface area contributed by atoms with Gasteiger partial charge in [0, 0.05) is 11.9 Å². The molecule has 124 valence electrons. The summed E-state index contributed by atoms with van der Waals surface area (Å²) in [4.78, 5) is 9.04. The second-order valence-electron chi connectivity index (χ2n) is 5.71. The Hall–Kier alpha value is -3.34. The van der Waals surface area contributed by atoms with Gasteiger partial charge in [0.05, 0.1) is 19.2 Å². The molecule has 0 atom stereocenters. The van der Waals surface area contributed by atoms with Crippen LogP contribution < -0.4 is 10.1 Å². The van der Waals surface area contributed by atoms with Crippen LogP contribution in [0.4, 0.5) is 11.6 Å². The Morgan fingerprint density at radius 1 is 0.960 bits per heavy atom. The van der Waals surface area contributed by atoms with Crippen LogP contribution >= 0.6 is 0 Å². The lowest BCUT2D eigenvalue weighted by atomic mass is 10.2. The van der Waals surface area contributed by atoms with E-state index in [2.05, 4.69) is 32.0 Å². The second kappa shape index (κ2) is 6.65. The van der Waals surface area contributed by atoms with E-state index in [1.54, 1.807) is 13.3 Å². The number of fused-ring (bicyclic) bond motifs is 1. The first-order valence-corrected chi connectivity index (χ1v) is 8.10. The molecule has 5 nitrogen and oxygen atoms in total. The van der Waals surface area contributed by atoms with Gasteiger partial charge in [0.2, 0.25) is 5.95 Å². The zero-order valence-electron chi connectivity index (χ0n) is 13.9. The van der Waals surface area contributed by atoms with Crippen LogP contribution in [-0.4, -0.2) is 21.6 Å². The Balaban J connectivity index is 1.72. The van der Waals surface area contributed by atoms with Gasteiger partial charge in [-0.25, -0.2) is 4.98 Å². The molecular formula is C20H18N4O. The Labute approximate surface area is 145 Å². The molecule has 0 aliphatic rings. The molecule has 0 aliphatic heterocycles. The average Bonchev–Trinajstić information content (AvgIpc) is 3.00. The van der Waals surface area contributed by atoms with Gasteiger partial charge in [-0.3, -0.25) is 0 Å². The minimum atomic E-state index is 0.724. The summed E-state index contributed by atoms with van der Waals surface area (Å²) in [7, 11) is 1.66. The number of hydrogen-bond acceptors (Lipinski definition) is 4. The number of aromatic nitrogens is 3. The lowest BCUT2D eigenvalue weighted by molar-refractivity contribution is 0.415.